The van der Waals surface area contributed by atoms with Crippen LogP contribution in [-0.4, -0.2) is 72.4 Å². The summed E-state index contributed by atoms with van der Waals surface area (Å²) in [7, 11) is 0. The largest absolute Gasteiger partial charge is 0.461 e. The predicted octanol–water partition coefficient (Wildman–Crippen LogP) is 0.262. The molecular formula is C18H23N5O7. The smallest absolute Gasteiger partial charge is 0.330 e. The first-order valence-electron chi connectivity index (χ1n) is 8.72. The molecule has 0 aliphatic rings. The van der Waals surface area contributed by atoms with Crippen LogP contribution in [0.2, 0.25) is 0 Å². The standard InChI is InChI=1S/C18H23N5O7/c1-4-13(24)27-9-7-19-16-21-17(20-8-10-28-14(25)5-2)23-18(22-16)30-12-11-29-15(26)6-3/h4-6H,1-3,7-12H2,(H2,19,20,21,22,23). The van der Waals surface area contributed by atoms with E-state index in [1.165, 1.54) is 0 Å². The van der Waals surface area contributed by atoms with Gasteiger partial charge in [0.15, 0.2) is 0 Å². The van der Waals surface area contributed by atoms with Crippen LogP contribution < -0.4 is 15.4 Å². The molecule has 12 heteroatoms. The Balaban J connectivity index is 2.65. The number of hydrogen-bond acceptors (Lipinski definition) is 12. The summed E-state index contributed by atoms with van der Waals surface area (Å²) in [5, 5.41) is 5.70. The average molecular weight is 421 g/mol. The quantitative estimate of drug-likeness (QED) is 0.173. The summed E-state index contributed by atoms with van der Waals surface area (Å²) >= 11 is 0. The molecule has 1 heterocycles. The van der Waals surface area contributed by atoms with Gasteiger partial charge in [0.05, 0.1) is 13.1 Å². The summed E-state index contributed by atoms with van der Waals surface area (Å²) in [5.41, 5.74) is 0. The molecule has 0 saturated heterocycles. The highest BCUT2D eigenvalue weighted by atomic mass is 16.6. The van der Waals surface area contributed by atoms with Gasteiger partial charge >= 0.3 is 23.9 Å². The molecule has 0 atom stereocenters. The summed E-state index contributed by atoms with van der Waals surface area (Å²) in [4.78, 5) is 45.4. The third-order valence-corrected chi connectivity index (χ3v) is 2.93. The second-order valence-corrected chi connectivity index (χ2v) is 5.08. The minimum atomic E-state index is -0.581. The number of rotatable bonds is 15. The Bertz CT molecular complexity index is 657. The van der Waals surface area contributed by atoms with Gasteiger partial charge in [-0.15, -0.1) is 0 Å². The van der Waals surface area contributed by atoms with Crippen molar-refractivity contribution in [1.29, 1.82) is 0 Å². The fourth-order valence-electron chi connectivity index (χ4n) is 1.66. The highest BCUT2D eigenvalue weighted by molar-refractivity contribution is 5.81. The van der Waals surface area contributed by atoms with Gasteiger partial charge < -0.3 is 29.6 Å². The first kappa shape index (κ1) is 24.1. The van der Waals surface area contributed by atoms with E-state index in [4.69, 9.17) is 18.9 Å². The Morgan fingerprint density at radius 1 is 0.700 bits per heavy atom. The van der Waals surface area contributed by atoms with E-state index in [1.54, 1.807) is 0 Å². The maximum Gasteiger partial charge on any atom is 0.330 e. The highest BCUT2D eigenvalue weighted by Gasteiger charge is 2.09. The molecule has 0 aliphatic heterocycles. The van der Waals surface area contributed by atoms with E-state index in [9.17, 15) is 14.4 Å². The number of aromatic nitrogens is 3. The zero-order chi connectivity index (χ0) is 22.2. The van der Waals surface area contributed by atoms with E-state index in [0.717, 1.165) is 18.2 Å². The number of anilines is 2. The number of nitrogens with one attached hydrogen (secondary N) is 2. The third kappa shape index (κ3) is 10.4. The summed E-state index contributed by atoms with van der Waals surface area (Å²) in [6, 6.07) is -0.0455. The first-order chi connectivity index (χ1) is 14.5. The van der Waals surface area contributed by atoms with Gasteiger partial charge in [0.1, 0.15) is 26.4 Å². The van der Waals surface area contributed by atoms with Crippen LogP contribution in [0.1, 0.15) is 0 Å². The normalized spacial score (nSPS) is 9.60. The van der Waals surface area contributed by atoms with Crippen molar-refractivity contribution >= 4 is 29.8 Å². The van der Waals surface area contributed by atoms with Crippen LogP contribution in [0.3, 0.4) is 0 Å². The molecule has 0 bridgehead atoms. The van der Waals surface area contributed by atoms with Gasteiger partial charge in [-0.25, -0.2) is 14.4 Å². The maximum atomic E-state index is 11.0. The van der Waals surface area contributed by atoms with Crippen molar-refractivity contribution in [2.24, 2.45) is 0 Å². The van der Waals surface area contributed by atoms with Gasteiger partial charge in [-0.3, -0.25) is 0 Å². The number of carbonyl (C=O) groups is 3. The molecule has 1 aromatic heterocycles. The van der Waals surface area contributed by atoms with E-state index in [1.807, 2.05) is 0 Å². The number of ether oxygens (including phenoxy) is 4. The number of carbonyl (C=O) groups excluding carboxylic acids is 3. The predicted molar refractivity (Wildman–Crippen MR) is 106 cm³/mol. The molecule has 0 unspecified atom stereocenters. The molecule has 0 fully saturated rings. The van der Waals surface area contributed by atoms with Crippen molar-refractivity contribution in [3.8, 4) is 6.01 Å². The lowest BCUT2D eigenvalue weighted by Gasteiger charge is -2.11. The topological polar surface area (TPSA) is 151 Å². The third-order valence-electron chi connectivity index (χ3n) is 2.93. The van der Waals surface area contributed by atoms with Crippen molar-refractivity contribution in [3.63, 3.8) is 0 Å². The molecule has 0 spiro atoms. The number of esters is 3. The van der Waals surface area contributed by atoms with Crippen molar-refractivity contribution < 1.29 is 33.3 Å². The molecule has 2 N–H and O–H groups in total. The van der Waals surface area contributed by atoms with E-state index < -0.39 is 17.9 Å². The lowest BCUT2D eigenvalue weighted by molar-refractivity contribution is -0.139. The minimum Gasteiger partial charge on any atom is -0.461 e. The Kier molecular flexibility index (Phi) is 11.3. The molecular weight excluding hydrogens is 398 g/mol. The molecule has 0 aliphatic carbocycles. The fourth-order valence-corrected chi connectivity index (χ4v) is 1.66. The van der Waals surface area contributed by atoms with Crippen LogP contribution in [0.25, 0.3) is 0 Å². The van der Waals surface area contributed by atoms with Crippen LogP contribution >= 0.6 is 0 Å². The number of hydrogen-bond donors (Lipinski definition) is 2. The zero-order valence-electron chi connectivity index (χ0n) is 16.3. The molecule has 0 aromatic carbocycles. The lowest BCUT2D eigenvalue weighted by atomic mass is 10.6. The van der Waals surface area contributed by atoms with Crippen LogP contribution in [0, 0.1) is 0 Å². The van der Waals surface area contributed by atoms with Gasteiger partial charge in [-0.2, -0.15) is 15.0 Å². The second-order valence-electron chi connectivity index (χ2n) is 5.08. The monoisotopic (exact) mass is 421 g/mol. The lowest BCUT2D eigenvalue weighted by Crippen LogP contribution is -2.18. The molecule has 0 saturated carbocycles. The van der Waals surface area contributed by atoms with Crippen LogP contribution in [0.4, 0.5) is 11.9 Å². The molecule has 12 nitrogen and oxygen atoms in total. The Morgan fingerprint density at radius 3 is 1.57 bits per heavy atom. The summed E-state index contributed by atoms with van der Waals surface area (Å²) in [5.74, 6) is -1.40. The van der Waals surface area contributed by atoms with E-state index in [-0.39, 0.29) is 57.4 Å². The van der Waals surface area contributed by atoms with Crippen LogP contribution in [0.5, 0.6) is 6.01 Å². The van der Waals surface area contributed by atoms with Crippen molar-refractivity contribution in [2.45, 2.75) is 0 Å². The maximum absolute atomic E-state index is 11.0. The van der Waals surface area contributed by atoms with Gasteiger partial charge in [-0.05, 0) is 0 Å². The minimum absolute atomic E-state index is 0.00360. The number of nitrogens with zero attached hydrogens (tertiary/aromatic N) is 3. The summed E-state index contributed by atoms with van der Waals surface area (Å²) in [6.45, 7) is 10.4. The van der Waals surface area contributed by atoms with Crippen molar-refractivity contribution in [2.75, 3.05) is 50.2 Å². The van der Waals surface area contributed by atoms with Crippen molar-refractivity contribution in [3.05, 3.63) is 38.0 Å². The van der Waals surface area contributed by atoms with Gasteiger partial charge in [0, 0.05) is 18.2 Å². The summed E-state index contributed by atoms with van der Waals surface area (Å²) in [6.07, 6.45) is 3.13. The van der Waals surface area contributed by atoms with Crippen LogP contribution in [0.15, 0.2) is 38.0 Å². The molecule has 1 aromatic rings. The van der Waals surface area contributed by atoms with E-state index >= 15 is 0 Å². The molecule has 1 rings (SSSR count). The molecule has 30 heavy (non-hydrogen) atoms. The average Bonchev–Trinajstić information content (AvgIpc) is 2.76. The summed E-state index contributed by atoms with van der Waals surface area (Å²) < 4.78 is 19.9. The van der Waals surface area contributed by atoms with Crippen LogP contribution in [-0.2, 0) is 28.6 Å². The fraction of sp³-hybridized carbons (Fsp3) is 0.333. The first-order valence-corrected chi connectivity index (χ1v) is 8.72. The van der Waals surface area contributed by atoms with Gasteiger partial charge in [-0.1, -0.05) is 19.7 Å². The highest BCUT2D eigenvalue weighted by Crippen LogP contribution is 2.11. The Hall–Kier alpha value is -3.96. The SMILES string of the molecule is C=CC(=O)OCCNc1nc(NCCOC(=O)C=C)nc(OCCOC(=O)C=C)n1. The Morgan fingerprint density at radius 2 is 1.13 bits per heavy atom. The molecule has 0 radical (unpaired) electrons. The zero-order valence-corrected chi connectivity index (χ0v) is 16.3. The van der Waals surface area contributed by atoms with E-state index in [2.05, 4.69) is 45.3 Å². The molecule has 162 valence electrons. The van der Waals surface area contributed by atoms with Gasteiger partial charge in [0.25, 0.3) is 0 Å². The second kappa shape index (κ2) is 14.1. The Labute approximate surface area is 173 Å². The van der Waals surface area contributed by atoms with Crippen molar-refractivity contribution in [1.82, 2.24) is 15.0 Å². The van der Waals surface area contributed by atoms with Gasteiger partial charge in [0.2, 0.25) is 11.9 Å². The van der Waals surface area contributed by atoms with E-state index in [0.29, 0.717) is 0 Å². The molecule has 0 amide bonds.